The van der Waals surface area contributed by atoms with Gasteiger partial charge in [0.05, 0.1) is 0 Å². The van der Waals surface area contributed by atoms with Crippen molar-refractivity contribution < 1.29 is 4.79 Å². The fourth-order valence-electron chi connectivity index (χ4n) is 1.15. The number of amides is 1. The topological polar surface area (TPSA) is 46.3 Å². The molecule has 0 spiro atoms. The van der Waals surface area contributed by atoms with Crippen molar-refractivity contribution in [1.82, 2.24) is 4.90 Å². The van der Waals surface area contributed by atoms with Gasteiger partial charge in [0.2, 0.25) is 5.91 Å². The third-order valence-electron chi connectivity index (χ3n) is 2.07. The second-order valence-electron chi connectivity index (χ2n) is 4.21. The van der Waals surface area contributed by atoms with Gasteiger partial charge in [-0.15, -0.1) is 6.58 Å². The van der Waals surface area contributed by atoms with Gasteiger partial charge in [0.25, 0.3) is 0 Å². The molecule has 0 aliphatic carbocycles. The van der Waals surface area contributed by atoms with Crippen LogP contribution in [0.15, 0.2) is 12.7 Å². The summed E-state index contributed by atoms with van der Waals surface area (Å²) in [6, 6.07) is 0. The second kappa shape index (κ2) is 5.81. The maximum absolute atomic E-state index is 11.6. The van der Waals surface area contributed by atoms with Crippen LogP contribution >= 0.6 is 0 Å². The lowest BCUT2D eigenvalue weighted by Gasteiger charge is -2.22. The lowest BCUT2D eigenvalue weighted by Crippen LogP contribution is -2.36. The van der Waals surface area contributed by atoms with E-state index in [1.807, 2.05) is 20.8 Å². The van der Waals surface area contributed by atoms with Gasteiger partial charge >= 0.3 is 0 Å². The fraction of sp³-hybridized carbons (Fsp3) is 0.727. The van der Waals surface area contributed by atoms with E-state index < -0.39 is 0 Å². The van der Waals surface area contributed by atoms with E-state index in [1.165, 1.54) is 0 Å². The average molecular weight is 198 g/mol. The first-order chi connectivity index (χ1) is 6.40. The Morgan fingerprint density at radius 3 is 2.50 bits per heavy atom. The molecule has 0 aromatic rings. The summed E-state index contributed by atoms with van der Waals surface area (Å²) in [5.74, 6) is 0.158. The monoisotopic (exact) mass is 198 g/mol. The molecule has 0 bridgehead atoms. The zero-order valence-corrected chi connectivity index (χ0v) is 9.55. The SMILES string of the molecule is C=CCN(CC)C(=O)CCC(C)(C)N. The molecule has 0 rings (SSSR count). The van der Waals surface area contributed by atoms with Crippen LogP contribution in [0.3, 0.4) is 0 Å². The Morgan fingerprint density at radius 2 is 2.14 bits per heavy atom. The number of likely N-dealkylation sites (N-methyl/N-ethyl adjacent to an activating group) is 1. The van der Waals surface area contributed by atoms with Crippen LogP contribution < -0.4 is 5.73 Å². The highest BCUT2D eigenvalue weighted by Crippen LogP contribution is 2.08. The van der Waals surface area contributed by atoms with Crippen LogP contribution in [0.1, 0.15) is 33.6 Å². The number of carbonyl (C=O) groups is 1. The molecule has 0 saturated heterocycles. The normalized spacial score (nSPS) is 11.1. The molecule has 3 heteroatoms. The van der Waals surface area contributed by atoms with Gasteiger partial charge in [-0.3, -0.25) is 4.79 Å². The Labute approximate surface area is 87.0 Å². The molecule has 0 atom stereocenters. The minimum atomic E-state index is -0.261. The number of nitrogens with zero attached hydrogens (tertiary/aromatic N) is 1. The van der Waals surface area contributed by atoms with Crippen molar-refractivity contribution in [2.75, 3.05) is 13.1 Å². The highest BCUT2D eigenvalue weighted by atomic mass is 16.2. The summed E-state index contributed by atoms with van der Waals surface area (Å²) in [7, 11) is 0. The predicted octanol–water partition coefficient (Wildman–Crippen LogP) is 1.54. The Balaban J connectivity index is 3.98. The number of rotatable bonds is 6. The van der Waals surface area contributed by atoms with Crippen LogP contribution in [0.25, 0.3) is 0 Å². The molecule has 2 N–H and O–H groups in total. The quantitative estimate of drug-likeness (QED) is 0.658. The largest absolute Gasteiger partial charge is 0.339 e. The molecule has 14 heavy (non-hydrogen) atoms. The van der Waals surface area contributed by atoms with E-state index in [1.54, 1.807) is 11.0 Å². The van der Waals surface area contributed by atoms with Gasteiger partial charge in [0, 0.05) is 25.0 Å². The molecule has 0 aromatic heterocycles. The molecule has 1 amide bonds. The van der Waals surface area contributed by atoms with Gasteiger partial charge in [-0.1, -0.05) is 6.08 Å². The Morgan fingerprint density at radius 1 is 1.57 bits per heavy atom. The maximum Gasteiger partial charge on any atom is 0.222 e. The Hall–Kier alpha value is -0.830. The molecule has 0 aliphatic heterocycles. The minimum Gasteiger partial charge on any atom is -0.339 e. The summed E-state index contributed by atoms with van der Waals surface area (Å²) in [6.07, 6.45) is 2.99. The van der Waals surface area contributed by atoms with Crippen molar-refractivity contribution in [3.8, 4) is 0 Å². The summed E-state index contributed by atoms with van der Waals surface area (Å²) in [5.41, 5.74) is 5.55. The van der Waals surface area contributed by atoms with E-state index in [9.17, 15) is 4.79 Å². The standard InChI is InChI=1S/C11H22N2O/c1-5-9-13(6-2)10(14)7-8-11(3,4)12/h5H,1,6-9,12H2,2-4H3. The second-order valence-corrected chi connectivity index (χ2v) is 4.21. The molecule has 0 saturated carbocycles. The van der Waals surface area contributed by atoms with Crippen molar-refractivity contribution in [3.63, 3.8) is 0 Å². The molecular weight excluding hydrogens is 176 g/mol. The third-order valence-corrected chi connectivity index (χ3v) is 2.07. The van der Waals surface area contributed by atoms with Crippen molar-refractivity contribution in [3.05, 3.63) is 12.7 Å². The molecule has 0 heterocycles. The zero-order valence-electron chi connectivity index (χ0n) is 9.55. The molecule has 3 nitrogen and oxygen atoms in total. The molecule has 0 aromatic carbocycles. The van der Waals surface area contributed by atoms with Crippen LogP contribution in [0.5, 0.6) is 0 Å². The smallest absolute Gasteiger partial charge is 0.222 e. The predicted molar refractivity (Wildman–Crippen MR) is 60.0 cm³/mol. The Bertz CT molecular complexity index is 194. The van der Waals surface area contributed by atoms with Gasteiger partial charge < -0.3 is 10.6 Å². The summed E-state index contributed by atoms with van der Waals surface area (Å²) in [5, 5.41) is 0. The molecule has 0 radical (unpaired) electrons. The van der Waals surface area contributed by atoms with Crippen LogP contribution in [0.2, 0.25) is 0 Å². The van der Waals surface area contributed by atoms with Gasteiger partial charge in [-0.2, -0.15) is 0 Å². The molecule has 0 fully saturated rings. The molecule has 0 unspecified atom stereocenters. The summed E-state index contributed by atoms with van der Waals surface area (Å²) >= 11 is 0. The lowest BCUT2D eigenvalue weighted by atomic mass is 10.00. The first-order valence-corrected chi connectivity index (χ1v) is 5.08. The Kier molecular flexibility index (Phi) is 5.46. The van der Waals surface area contributed by atoms with E-state index in [-0.39, 0.29) is 11.4 Å². The first-order valence-electron chi connectivity index (χ1n) is 5.08. The van der Waals surface area contributed by atoms with Gasteiger partial charge in [-0.05, 0) is 27.2 Å². The number of hydrogen-bond acceptors (Lipinski definition) is 2. The maximum atomic E-state index is 11.6. The fourth-order valence-corrected chi connectivity index (χ4v) is 1.15. The van der Waals surface area contributed by atoms with E-state index in [4.69, 9.17) is 5.73 Å². The highest BCUT2D eigenvalue weighted by Gasteiger charge is 2.16. The van der Waals surface area contributed by atoms with Crippen molar-refractivity contribution in [2.24, 2.45) is 5.73 Å². The third kappa shape index (κ3) is 5.75. The zero-order chi connectivity index (χ0) is 11.2. The van der Waals surface area contributed by atoms with Crippen LogP contribution in [-0.4, -0.2) is 29.4 Å². The van der Waals surface area contributed by atoms with Gasteiger partial charge in [-0.25, -0.2) is 0 Å². The minimum absolute atomic E-state index is 0.158. The summed E-state index contributed by atoms with van der Waals surface area (Å²) in [6.45, 7) is 10.8. The van der Waals surface area contributed by atoms with Crippen LogP contribution in [0.4, 0.5) is 0 Å². The van der Waals surface area contributed by atoms with Crippen LogP contribution in [0, 0.1) is 0 Å². The number of nitrogens with two attached hydrogens (primary N) is 1. The number of carbonyl (C=O) groups excluding carboxylic acids is 1. The van der Waals surface area contributed by atoms with E-state index in [0.29, 0.717) is 13.0 Å². The molecular formula is C11H22N2O. The highest BCUT2D eigenvalue weighted by molar-refractivity contribution is 5.76. The van der Waals surface area contributed by atoms with Crippen molar-refractivity contribution in [2.45, 2.75) is 39.2 Å². The lowest BCUT2D eigenvalue weighted by molar-refractivity contribution is -0.130. The van der Waals surface area contributed by atoms with Gasteiger partial charge in [0.1, 0.15) is 0 Å². The summed E-state index contributed by atoms with van der Waals surface area (Å²) in [4.78, 5) is 13.4. The molecule has 0 aliphatic rings. The van der Waals surface area contributed by atoms with Crippen molar-refractivity contribution >= 4 is 5.91 Å². The first kappa shape index (κ1) is 13.2. The average Bonchev–Trinajstić information content (AvgIpc) is 2.09. The van der Waals surface area contributed by atoms with Crippen LogP contribution in [-0.2, 0) is 4.79 Å². The van der Waals surface area contributed by atoms with Crippen molar-refractivity contribution in [1.29, 1.82) is 0 Å². The van der Waals surface area contributed by atoms with Gasteiger partial charge in [0.15, 0.2) is 0 Å². The van der Waals surface area contributed by atoms with E-state index in [2.05, 4.69) is 6.58 Å². The summed E-state index contributed by atoms with van der Waals surface area (Å²) < 4.78 is 0. The van der Waals surface area contributed by atoms with E-state index >= 15 is 0 Å². The number of hydrogen-bond donors (Lipinski definition) is 1. The molecule has 82 valence electrons. The van der Waals surface area contributed by atoms with E-state index in [0.717, 1.165) is 13.0 Å².